The summed E-state index contributed by atoms with van der Waals surface area (Å²) in [6.45, 7) is 0.731. The SMILES string of the molecule is C/C=C/C(=O)OCc1c(OC)c(CO)c(/C=C/C(=O)OC)oc1=O. The normalized spacial score (nSPS) is 11.0. The van der Waals surface area contributed by atoms with Crippen molar-refractivity contribution in [2.75, 3.05) is 14.2 Å². The van der Waals surface area contributed by atoms with Crippen molar-refractivity contribution in [2.24, 2.45) is 0 Å². The van der Waals surface area contributed by atoms with Gasteiger partial charge in [-0.25, -0.2) is 14.4 Å². The van der Waals surface area contributed by atoms with Crippen molar-refractivity contribution in [3.05, 3.63) is 45.5 Å². The van der Waals surface area contributed by atoms with Crippen molar-refractivity contribution in [3.63, 3.8) is 0 Å². The summed E-state index contributed by atoms with van der Waals surface area (Å²) in [5, 5.41) is 9.52. The maximum Gasteiger partial charge on any atom is 0.346 e. The van der Waals surface area contributed by atoms with E-state index in [9.17, 15) is 19.5 Å². The number of carbonyl (C=O) groups is 2. The van der Waals surface area contributed by atoms with Gasteiger partial charge in [0, 0.05) is 12.2 Å². The second kappa shape index (κ2) is 9.31. The number of allylic oxidation sites excluding steroid dienone is 1. The van der Waals surface area contributed by atoms with Gasteiger partial charge in [0.25, 0.3) is 0 Å². The van der Waals surface area contributed by atoms with E-state index in [1.807, 2.05) is 0 Å². The molecule has 1 N–H and O–H groups in total. The van der Waals surface area contributed by atoms with Crippen molar-refractivity contribution in [1.82, 2.24) is 0 Å². The molecule has 0 saturated carbocycles. The molecule has 8 heteroatoms. The van der Waals surface area contributed by atoms with E-state index in [0.29, 0.717) is 0 Å². The Morgan fingerprint density at radius 2 is 1.88 bits per heavy atom. The molecule has 1 heterocycles. The van der Waals surface area contributed by atoms with E-state index < -0.39 is 24.2 Å². The molecule has 0 amide bonds. The molecule has 1 aromatic rings. The predicted molar refractivity (Wildman–Crippen MR) is 83.1 cm³/mol. The maximum absolute atomic E-state index is 12.1. The summed E-state index contributed by atoms with van der Waals surface area (Å²) in [6, 6.07) is 0. The van der Waals surface area contributed by atoms with Gasteiger partial charge in [-0.2, -0.15) is 0 Å². The molecule has 0 radical (unpaired) electrons. The van der Waals surface area contributed by atoms with Crippen LogP contribution in [0.25, 0.3) is 6.08 Å². The lowest BCUT2D eigenvalue weighted by molar-refractivity contribution is -0.139. The lowest BCUT2D eigenvalue weighted by Crippen LogP contribution is -2.16. The first-order valence-corrected chi connectivity index (χ1v) is 6.87. The summed E-state index contributed by atoms with van der Waals surface area (Å²) in [5.41, 5.74) is -0.745. The number of hydrogen-bond acceptors (Lipinski definition) is 8. The second-order valence-electron chi connectivity index (χ2n) is 4.37. The fourth-order valence-electron chi connectivity index (χ4n) is 1.80. The highest BCUT2D eigenvalue weighted by Gasteiger charge is 2.20. The fraction of sp³-hybridized carbons (Fsp3) is 0.312. The van der Waals surface area contributed by atoms with Crippen molar-refractivity contribution in [1.29, 1.82) is 0 Å². The molecule has 0 atom stereocenters. The van der Waals surface area contributed by atoms with E-state index in [0.717, 1.165) is 6.08 Å². The Kier molecular flexibility index (Phi) is 7.44. The highest BCUT2D eigenvalue weighted by atomic mass is 16.5. The minimum absolute atomic E-state index is 0.0199. The molecular weight excluding hydrogens is 320 g/mol. The lowest BCUT2D eigenvalue weighted by Gasteiger charge is -2.12. The Balaban J connectivity index is 3.28. The van der Waals surface area contributed by atoms with E-state index in [1.165, 1.54) is 32.4 Å². The molecule has 0 unspecified atom stereocenters. The van der Waals surface area contributed by atoms with Crippen LogP contribution in [0.4, 0.5) is 0 Å². The summed E-state index contributed by atoms with van der Waals surface area (Å²) < 4.78 is 19.5. The largest absolute Gasteiger partial charge is 0.496 e. The molecule has 0 saturated heterocycles. The van der Waals surface area contributed by atoms with Crippen molar-refractivity contribution >= 4 is 18.0 Å². The van der Waals surface area contributed by atoms with E-state index in [1.54, 1.807) is 6.92 Å². The van der Waals surface area contributed by atoms with Crippen LogP contribution < -0.4 is 10.4 Å². The second-order valence-corrected chi connectivity index (χ2v) is 4.37. The Morgan fingerprint density at radius 1 is 1.17 bits per heavy atom. The van der Waals surface area contributed by atoms with Crippen LogP contribution in [0, 0.1) is 0 Å². The first-order chi connectivity index (χ1) is 11.5. The number of methoxy groups -OCH3 is 2. The van der Waals surface area contributed by atoms with Crippen molar-refractivity contribution in [2.45, 2.75) is 20.1 Å². The van der Waals surface area contributed by atoms with Gasteiger partial charge in [-0.15, -0.1) is 0 Å². The van der Waals surface area contributed by atoms with Gasteiger partial charge in [0.2, 0.25) is 0 Å². The van der Waals surface area contributed by atoms with Crippen LogP contribution in [0.5, 0.6) is 5.75 Å². The van der Waals surface area contributed by atoms with Gasteiger partial charge in [-0.3, -0.25) is 0 Å². The molecular formula is C16H18O8. The molecule has 0 aromatic carbocycles. The molecule has 0 fully saturated rings. The molecule has 1 aromatic heterocycles. The van der Waals surface area contributed by atoms with Crippen molar-refractivity contribution < 1.29 is 33.3 Å². The van der Waals surface area contributed by atoms with E-state index >= 15 is 0 Å². The average Bonchev–Trinajstić information content (AvgIpc) is 2.57. The third-order valence-electron chi connectivity index (χ3n) is 2.89. The lowest BCUT2D eigenvalue weighted by atomic mass is 10.1. The summed E-state index contributed by atoms with van der Waals surface area (Å²) in [7, 11) is 2.48. The molecule has 8 nitrogen and oxygen atoms in total. The molecule has 0 bridgehead atoms. The third kappa shape index (κ3) is 4.82. The summed E-state index contributed by atoms with van der Waals surface area (Å²) in [4.78, 5) is 34.6. The number of carbonyl (C=O) groups excluding carboxylic acids is 2. The predicted octanol–water partition coefficient (Wildman–Crippen LogP) is 0.946. The molecule has 130 valence electrons. The monoisotopic (exact) mass is 338 g/mol. The molecule has 1 rings (SSSR count). The fourth-order valence-corrected chi connectivity index (χ4v) is 1.80. The van der Waals surface area contributed by atoms with Crippen LogP contribution in [0.15, 0.2) is 27.4 Å². The number of hydrogen-bond donors (Lipinski definition) is 1. The highest BCUT2D eigenvalue weighted by molar-refractivity contribution is 5.86. The van der Waals surface area contributed by atoms with Crippen LogP contribution in [-0.2, 0) is 32.3 Å². The zero-order valence-corrected chi connectivity index (χ0v) is 13.5. The molecule has 0 aliphatic rings. The van der Waals surface area contributed by atoms with Gasteiger partial charge in [0.05, 0.1) is 26.4 Å². The van der Waals surface area contributed by atoms with Gasteiger partial charge >= 0.3 is 17.6 Å². The van der Waals surface area contributed by atoms with Crippen LogP contribution in [0.1, 0.15) is 23.8 Å². The van der Waals surface area contributed by atoms with Crippen LogP contribution >= 0.6 is 0 Å². The first kappa shape index (κ1) is 19.2. The van der Waals surface area contributed by atoms with Crippen LogP contribution in [-0.4, -0.2) is 31.3 Å². The number of ether oxygens (including phenoxy) is 3. The third-order valence-corrected chi connectivity index (χ3v) is 2.89. The quantitative estimate of drug-likeness (QED) is 0.577. The molecule has 24 heavy (non-hydrogen) atoms. The standard InChI is InChI=1S/C16H18O8/c1-4-5-14(19)23-9-11-15(22-3)10(8-17)12(24-16(11)20)6-7-13(18)21-2/h4-7,17H,8-9H2,1-3H3/b5-4+,7-6+. The van der Waals surface area contributed by atoms with E-state index in [-0.39, 0.29) is 29.2 Å². The van der Waals surface area contributed by atoms with Crippen LogP contribution in [0.2, 0.25) is 0 Å². The van der Waals surface area contributed by atoms with Crippen LogP contribution in [0.3, 0.4) is 0 Å². The summed E-state index contributed by atoms with van der Waals surface area (Å²) in [6.07, 6.45) is 4.88. The first-order valence-electron chi connectivity index (χ1n) is 6.87. The van der Waals surface area contributed by atoms with Gasteiger partial charge < -0.3 is 23.7 Å². The molecule has 0 aliphatic carbocycles. The zero-order chi connectivity index (χ0) is 18.1. The minimum Gasteiger partial charge on any atom is -0.496 e. The molecule has 0 aliphatic heterocycles. The number of esters is 2. The summed E-state index contributed by atoms with van der Waals surface area (Å²) >= 11 is 0. The van der Waals surface area contributed by atoms with Gasteiger partial charge in [0.1, 0.15) is 23.7 Å². The Bertz CT molecular complexity index is 712. The molecule has 0 spiro atoms. The smallest absolute Gasteiger partial charge is 0.346 e. The summed E-state index contributed by atoms with van der Waals surface area (Å²) in [5.74, 6) is -1.34. The highest BCUT2D eigenvalue weighted by Crippen LogP contribution is 2.26. The Morgan fingerprint density at radius 3 is 2.42 bits per heavy atom. The van der Waals surface area contributed by atoms with E-state index in [2.05, 4.69) is 4.74 Å². The topological polar surface area (TPSA) is 112 Å². The van der Waals surface area contributed by atoms with Crippen molar-refractivity contribution in [3.8, 4) is 5.75 Å². The number of aliphatic hydroxyl groups excluding tert-OH is 1. The zero-order valence-electron chi connectivity index (χ0n) is 13.5. The average molecular weight is 338 g/mol. The van der Waals surface area contributed by atoms with Gasteiger partial charge in [-0.1, -0.05) is 6.08 Å². The Hall–Kier alpha value is -2.87. The minimum atomic E-state index is -0.818. The number of aliphatic hydroxyl groups is 1. The number of rotatable bonds is 7. The van der Waals surface area contributed by atoms with E-state index in [4.69, 9.17) is 13.9 Å². The van der Waals surface area contributed by atoms with Gasteiger partial charge in [0.15, 0.2) is 0 Å². The van der Waals surface area contributed by atoms with Gasteiger partial charge in [-0.05, 0) is 13.0 Å². The maximum atomic E-state index is 12.1. The Labute approximate surface area is 137 Å².